The van der Waals surface area contributed by atoms with Crippen molar-refractivity contribution in [3.8, 4) is 5.75 Å². The third-order valence-electron chi connectivity index (χ3n) is 3.83. The third kappa shape index (κ3) is 4.89. The second-order valence-electron chi connectivity index (χ2n) is 5.73. The van der Waals surface area contributed by atoms with Crippen LogP contribution in [0.1, 0.15) is 18.3 Å². The number of carbonyl (C=O) groups is 1. The van der Waals surface area contributed by atoms with Crippen LogP contribution in [0, 0.1) is 0 Å². The van der Waals surface area contributed by atoms with E-state index in [0.29, 0.717) is 18.9 Å². The Morgan fingerprint density at radius 1 is 1.08 bits per heavy atom. The fourth-order valence-corrected chi connectivity index (χ4v) is 2.47. The Balaban J connectivity index is 1.54. The maximum absolute atomic E-state index is 12.5. The van der Waals surface area contributed by atoms with E-state index in [1.807, 2.05) is 67.6 Å². The van der Waals surface area contributed by atoms with E-state index in [9.17, 15) is 4.79 Å². The van der Waals surface area contributed by atoms with Crippen LogP contribution in [0.15, 0.2) is 60.7 Å². The summed E-state index contributed by atoms with van der Waals surface area (Å²) in [5.41, 5.74) is 1.09. The standard InChI is InChI=1S/C19H21N5O2/c1-2-23(13-16-9-5-3-6-10-16)19(25)14-24-21-18(20-22-24)15-26-17-11-7-4-8-12-17/h3-12H,2,13-15H2,1H3. The van der Waals surface area contributed by atoms with Gasteiger partial charge in [-0.25, -0.2) is 0 Å². The molecule has 0 fully saturated rings. The van der Waals surface area contributed by atoms with Crippen molar-refractivity contribution in [1.82, 2.24) is 25.1 Å². The second kappa shape index (κ2) is 8.75. The minimum atomic E-state index is -0.0516. The van der Waals surface area contributed by atoms with Gasteiger partial charge in [0.05, 0.1) is 0 Å². The van der Waals surface area contributed by atoms with Gasteiger partial charge in [-0.15, -0.1) is 10.2 Å². The fraction of sp³-hybridized carbons (Fsp3) is 0.263. The lowest BCUT2D eigenvalue weighted by molar-refractivity contribution is -0.132. The zero-order valence-corrected chi connectivity index (χ0v) is 14.7. The molecule has 2 aromatic carbocycles. The number of benzene rings is 2. The molecule has 134 valence electrons. The van der Waals surface area contributed by atoms with Crippen LogP contribution < -0.4 is 4.74 Å². The summed E-state index contributed by atoms with van der Waals surface area (Å²) in [5.74, 6) is 1.12. The lowest BCUT2D eigenvalue weighted by atomic mass is 10.2. The highest BCUT2D eigenvalue weighted by Crippen LogP contribution is 2.09. The predicted octanol–water partition coefficient (Wildman–Crippen LogP) is 2.30. The van der Waals surface area contributed by atoms with Crippen molar-refractivity contribution in [3.63, 3.8) is 0 Å². The van der Waals surface area contributed by atoms with Crippen molar-refractivity contribution in [1.29, 1.82) is 0 Å². The number of tetrazole rings is 1. The third-order valence-corrected chi connectivity index (χ3v) is 3.83. The van der Waals surface area contributed by atoms with Gasteiger partial charge in [0.15, 0.2) is 6.61 Å². The zero-order chi connectivity index (χ0) is 18.2. The topological polar surface area (TPSA) is 73.1 Å². The lowest BCUT2D eigenvalue weighted by Gasteiger charge is -2.20. The molecule has 3 aromatic rings. The van der Waals surface area contributed by atoms with Gasteiger partial charge in [0, 0.05) is 13.1 Å². The molecule has 0 aliphatic carbocycles. The Hall–Kier alpha value is -3.22. The molecular formula is C19H21N5O2. The van der Waals surface area contributed by atoms with E-state index >= 15 is 0 Å². The highest BCUT2D eigenvalue weighted by molar-refractivity contribution is 5.75. The molecule has 0 radical (unpaired) electrons. The van der Waals surface area contributed by atoms with Crippen LogP contribution in [0.5, 0.6) is 5.75 Å². The van der Waals surface area contributed by atoms with Gasteiger partial charge in [-0.3, -0.25) is 4.79 Å². The first kappa shape index (κ1) is 17.6. The van der Waals surface area contributed by atoms with Gasteiger partial charge >= 0.3 is 0 Å². The Bertz CT molecular complexity index is 820. The summed E-state index contributed by atoms with van der Waals surface area (Å²) >= 11 is 0. The molecule has 0 atom stereocenters. The van der Waals surface area contributed by atoms with E-state index in [1.54, 1.807) is 4.90 Å². The van der Waals surface area contributed by atoms with Gasteiger partial charge in [0.2, 0.25) is 11.7 Å². The van der Waals surface area contributed by atoms with E-state index in [1.165, 1.54) is 4.80 Å². The van der Waals surface area contributed by atoms with Gasteiger partial charge < -0.3 is 9.64 Å². The summed E-state index contributed by atoms with van der Waals surface area (Å²) in [6.45, 7) is 3.40. The number of hydrogen-bond acceptors (Lipinski definition) is 5. The fourth-order valence-electron chi connectivity index (χ4n) is 2.47. The molecule has 3 rings (SSSR count). The van der Waals surface area contributed by atoms with Crippen LogP contribution in [-0.2, 0) is 24.5 Å². The van der Waals surface area contributed by atoms with E-state index in [0.717, 1.165) is 11.3 Å². The normalized spacial score (nSPS) is 10.5. The SMILES string of the molecule is CCN(Cc1ccccc1)C(=O)Cn1nnc(COc2ccccc2)n1. The van der Waals surface area contributed by atoms with Crippen molar-refractivity contribution < 1.29 is 9.53 Å². The van der Waals surface area contributed by atoms with Crippen LogP contribution in [0.25, 0.3) is 0 Å². The lowest BCUT2D eigenvalue weighted by Crippen LogP contribution is -2.33. The second-order valence-corrected chi connectivity index (χ2v) is 5.73. The molecule has 0 unspecified atom stereocenters. The van der Waals surface area contributed by atoms with Crippen LogP contribution in [0.3, 0.4) is 0 Å². The Morgan fingerprint density at radius 2 is 1.77 bits per heavy atom. The van der Waals surface area contributed by atoms with Crippen molar-refractivity contribution >= 4 is 5.91 Å². The Morgan fingerprint density at radius 3 is 2.46 bits per heavy atom. The first-order valence-corrected chi connectivity index (χ1v) is 8.51. The minimum absolute atomic E-state index is 0.0516. The minimum Gasteiger partial charge on any atom is -0.485 e. The van der Waals surface area contributed by atoms with Crippen molar-refractivity contribution in [2.45, 2.75) is 26.6 Å². The average molecular weight is 351 g/mol. The highest BCUT2D eigenvalue weighted by Gasteiger charge is 2.15. The molecule has 1 amide bonds. The van der Waals surface area contributed by atoms with Gasteiger partial charge in [0.25, 0.3) is 0 Å². The number of hydrogen-bond donors (Lipinski definition) is 0. The molecule has 0 aliphatic heterocycles. The number of aromatic nitrogens is 4. The van der Waals surface area contributed by atoms with Crippen LogP contribution in [0.4, 0.5) is 0 Å². The van der Waals surface area contributed by atoms with E-state index in [4.69, 9.17) is 4.74 Å². The monoisotopic (exact) mass is 351 g/mol. The summed E-state index contributed by atoms with van der Waals surface area (Å²) in [5, 5.41) is 12.1. The number of nitrogens with zero attached hydrogens (tertiary/aromatic N) is 5. The first-order chi connectivity index (χ1) is 12.7. The molecule has 0 N–H and O–H groups in total. The maximum atomic E-state index is 12.5. The molecule has 0 bridgehead atoms. The molecule has 1 aromatic heterocycles. The van der Waals surface area contributed by atoms with E-state index in [-0.39, 0.29) is 19.1 Å². The number of rotatable bonds is 8. The number of amides is 1. The average Bonchev–Trinajstić information content (AvgIpc) is 3.13. The van der Waals surface area contributed by atoms with Crippen LogP contribution in [0.2, 0.25) is 0 Å². The summed E-state index contributed by atoms with van der Waals surface area (Å²) in [7, 11) is 0. The summed E-state index contributed by atoms with van der Waals surface area (Å²) in [4.78, 5) is 15.6. The number of likely N-dealkylation sites (N-methyl/N-ethyl adjacent to an activating group) is 1. The van der Waals surface area contributed by atoms with Gasteiger partial charge in [0.1, 0.15) is 12.3 Å². The quantitative estimate of drug-likeness (QED) is 0.623. The molecule has 7 nitrogen and oxygen atoms in total. The summed E-state index contributed by atoms with van der Waals surface area (Å²) < 4.78 is 5.58. The van der Waals surface area contributed by atoms with E-state index in [2.05, 4.69) is 15.4 Å². The Labute approximate surface area is 152 Å². The molecule has 0 aliphatic rings. The summed E-state index contributed by atoms with van der Waals surface area (Å²) in [6.07, 6.45) is 0. The van der Waals surface area contributed by atoms with E-state index < -0.39 is 0 Å². The molecule has 0 saturated heterocycles. The highest BCUT2D eigenvalue weighted by atomic mass is 16.5. The number of carbonyl (C=O) groups excluding carboxylic acids is 1. The maximum Gasteiger partial charge on any atom is 0.246 e. The summed E-state index contributed by atoms with van der Waals surface area (Å²) in [6, 6.07) is 19.3. The van der Waals surface area contributed by atoms with Crippen LogP contribution in [-0.4, -0.2) is 37.6 Å². The molecule has 0 saturated carbocycles. The largest absolute Gasteiger partial charge is 0.485 e. The van der Waals surface area contributed by atoms with Gasteiger partial charge in [-0.2, -0.15) is 4.80 Å². The first-order valence-electron chi connectivity index (χ1n) is 8.51. The molecule has 1 heterocycles. The van der Waals surface area contributed by atoms with Gasteiger partial charge in [-0.05, 0) is 29.8 Å². The molecule has 7 heteroatoms. The van der Waals surface area contributed by atoms with Gasteiger partial charge in [-0.1, -0.05) is 48.5 Å². The van der Waals surface area contributed by atoms with Crippen LogP contribution >= 0.6 is 0 Å². The predicted molar refractivity (Wildman–Crippen MR) is 96.1 cm³/mol. The molecule has 0 spiro atoms. The van der Waals surface area contributed by atoms with Crippen molar-refractivity contribution in [3.05, 3.63) is 72.1 Å². The number of para-hydroxylation sites is 1. The van der Waals surface area contributed by atoms with Crippen molar-refractivity contribution in [2.75, 3.05) is 6.54 Å². The number of ether oxygens (including phenoxy) is 1. The Kier molecular flexibility index (Phi) is 5.92. The zero-order valence-electron chi connectivity index (χ0n) is 14.7. The smallest absolute Gasteiger partial charge is 0.246 e. The molecule has 26 heavy (non-hydrogen) atoms. The van der Waals surface area contributed by atoms with Crippen molar-refractivity contribution in [2.24, 2.45) is 0 Å². The molecular weight excluding hydrogens is 330 g/mol.